The van der Waals surface area contributed by atoms with Crippen molar-refractivity contribution >= 4 is 29.6 Å². The number of amides is 4. The summed E-state index contributed by atoms with van der Waals surface area (Å²) < 4.78 is 0. The topological polar surface area (TPSA) is 225 Å². The van der Waals surface area contributed by atoms with Crippen LogP contribution in [0.4, 0.5) is 0 Å². The van der Waals surface area contributed by atoms with Crippen molar-refractivity contribution in [3.63, 3.8) is 0 Å². The van der Waals surface area contributed by atoms with E-state index in [9.17, 15) is 34.2 Å². The summed E-state index contributed by atoms with van der Waals surface area (Å²) in [6.45, 7) is 0.525. The molecule has 9 N–H and O–H groups in total. The number of carboxylic acids is 1. The SMILES string of the molecule is CC(O)C(NC(=O)C(CO)NC(=O)C1CCCN1C(=O)C(N)CC(N)=O)C(=O)O. The first kappa shape index (κ1) is 24.3. The molecule has 13 heteroatoms. The van der Waals surface area contributed by atoms with Crippen LogP contribution in [0.3, 0.4) is 0 Å². The van der Waals surface area contributed by atoms with Gasteiger partial charge in [-0.2, -0.15) is 0 Å². The number of carbonyl (C=O) groups is 5. The molecule has 13 nitrogen and oxygen atoms in total. The van der Waals surface area contributed by atoms with E-state index in [-0.39, 0.29) is 19.4 Å². The number of nitrogens with two attached hydrogens (primary N) is 2. The lowest BCUT2D eigenvalue weighted by Gasteiger charge is -2.28. The van der Waals surface area contributed by atoms with Crippen LogP contribution in [0.25, 0.3) is 0 Å². The molecule has 4 amide bonds. The lowest BCUT2D eigenvalue weighted by Crippen LogP contribution is -2.59. The number of hydrogen-bond acceptors (Lipinski definition) is 8. The van der Waals surface area contributed by atoms with Crippen LogP contribution in [-0.2, 0) is 24.0 Å². The van der Waals surface area contributed by atoms with Crippen LogP contribution < -0.4 is 22.1 Å². The molecule has 0 saturated carbocycles. The average molecular weight is 417 g/mol. The van der Waals surface area contributed by atoms with Crippen molar-refractivity contribution in [1.29, 1.82) is 0 Å². The van der Waals surface area contributed by atoms with Gasteiger partial charge in [-0.05, 0) is 19.8 Å². The van der Waals surface area contributed by atoms with E-state index >= 15 is 0 Å². The van der Waals surface area contributed by atoms with E-state index in [1.54, 1.807) is 0 Å². The fourth-order valence-corrected chi connectivity index (χ4v) is 2.92. The number of aliphatic hydroxyl groups is 2. The molecule has 1 saturated heterocycles. The van der Waals surface area contributed by atoms with Gasteiger partial charge in [0.15, 0.2) is 6.04 Å². The van der Waals surface area contributed by atoms with Crippen molar-refractivity contribution in [2.24, 2.45) is 11.5 Å². The van der Waals surface area contributed by atoms with Crippen molar-refractivity contribution < 1.29 is 39.3 Å². The van der Waals surface area contributed by atoms with Crippen LogP contribution in [-0.4, -0.2) is 93.2 Å². The second kappa shape index (κ2) is 10.7. The molecule has 0 aromatic carbocycles. The molecule has 1 aliphatic heterocycles. The molecule has 1 aliphatic rings. The molecule has 0 radical (unpaired) electrons. The highest BCUT2D eigenvalue weighted by atomic mass is 16.4. The van der Waals surface area contributed by atoms with Crippen molar-refractivity contribution in [3.8, 4) is 0 Å². The highest BCUT2D eigenvalue weighted by molar-refractivity contribution is 5.95. The largest absolute Gasteiger partial charge is 0.480 e. The summed E-state index contributed by atoms with van der Waals surface area (Å²) in [7, 11) is 0. The molecule has 5 atom stereocenters. The highest BCUT2D eigenvalue weighted by Gasteiger charge is 2.38. The Morgan fingerprint density at radius 3 is 2.31 bits per heavy atom. The number of nitrogens with zero attached hydrogens (tertiary/aromatic N) is 1. The van der Waals surface area contributed by atoms with Gasteiger partial charge in [-0.1, -0.05) is 0 Å². The molecule has 0 spiro atoms. The summed E-state index contributed by atoms with van der Waals surface area (Å²) >= 11 is 0. The maximum absolute atomic E-state index is 12.5. The Bertz CT molecular complexity index is 655. The van der Waals surface area contributed by atoms with Gasteiger partial charge < -0.3 is 42.3 Å². The number of rotatable bonds is 10. The van der Waals surface area contributed by atoms with Crippen LogP contribution >= 0.6 is 0 Å². The van der Waals surface area contributed by atoms with Crippen LogP contribution in [0.1, 0.15) is 26.2 Å². The van der Waals surface area contributed by atoms with E-state index in [1.165, 1.54) is 4.90 Å². The fourth-order valence-electron chi connectivity index (χ4n) is 2.92. The third-order valence-electron chi connectivity index (χ3n) is 4.44. The first-order valence-electron chi connectivity index (χ1n) is 8.96. The van der Waals surface area contributed by atoms with Crippen LogP contribution in [0, 0.1) is 0 Å². The molecular weight excluding hydrogens is 390 g/mol. The summed E-state index contributed by atoms with van der Waals surface area (Å²) in [5.74, 6) is -4.68. The van der Waals surface area contributed by atoms with Gasteiger partial charge in [0.2, 0.25) is 23.6 Å². The predicted octanol–water partition coefficient (Wildman–Crippen LogP) is -4.39. The van der Waals surface area contributed by atoms with Crippen LogP contribution in [0.2, 0.25) is 0 Å². The Labute approximate surface area is 166 Å². The maximum Gasteiger partial charge on any atom is 0.328 e. The minimum atomic E-state index is -1.63. The quantitative estimate of drug-likeness (QED) is 0.182. The lowest BCUT2D eigenvalue weighted by molar-refractivity contribution is -0.146. The molecule has 1 heterocycles. The zero-order chi connectivity index (χ0) is 22.3. The van der Waals surface area contributed by atoms with Gasteiger partial charge in [0, 0.05) is 6.54 Å². The van der Waals surface area contributed by atoms with Gasteiger partial charge >= 0.3 is 5.97 Å². The van der Waals surface area contributed by atoms with E-state index in [2.05, 4.69) is 5.32 Å². The Morgan fingerprint density at radius 1 is 1.21 bits per heavy atom. The zero-order valence-corrected chi connectivity index (χ0v) is 15.9. The van der Waals surface area contributed by atoms with Crippen LogP contribution in [0.15, 0.2) is 0 Å². The van der Waals surface area contributed by atoms with E-state index < -0.39 is 66.5 Å². The third kappa shape index (κ3) is 6.66. The van der Waals surface area contributed by atoms with E-state index in [0.717, 1.165) is 6.92 Å². The minimum absolute atomic E-state index is 0.211. The summed E-state index contributed by atoms with van der Waals surface area (Å²) in [5, 5.41) is 32.1. The van der Waals surface area contributed by atoms with Crippen molar-refractivity contribution in [2.75, 3.05) is 13.2 Å². The molecule has 29 heavy (non-hydrogen) atoms. The summed E-state index contributed by atoms with van der Waals surface area (Å²) in [6.07, 6.45) is -1.05. The number of primary amides is 1. The van der Waals surface area contributed by atoms with Crippen molar-refractivity contribution in [2.45, 2.75) is 56.5 Å². The van der Waals surface area contributed by atoms with E-state index in [4.69, 9.17) is 16.6 Å². The zero-order valence-electron chi connectivity index (χ0n) is 15.9. The van der Waals surface area contributed by atoms with E-state index in [0.29, 0.717) is 6.42 Å². The molecule has 1 rings (SSSR count). The first-order chi connectivity index (χ1) is 13.5. The number of nitrogens with one attached hydrogen (secondary N) is 2. The first-order valence-corrected chi connectivity index (χ1v) is 8.96. The monoisotopic (exact) mass is 417 g/mol. The standard InChI is InChI=1S/C16H27N5O8/c1-7(23)12(16(28)29)20-13(25)9(6-22)19-14(26)10-3-2-4-21(10)15(27)8(17)5-11(18)24/h7-10,12,22-23H,2-6,17H2,1H3,(H2,18,24)(H,19,26)(H,20,25)(H,28,29). The molecule has 0 aromatic heterocycles. The van der Waals surface area contributed by atoms with Gasteiger partial charge in [0.25, 0.3) is 0 Å². The molecule has 0 bridgehead atoms. The van der Waals surface area contributed by atoms with Gasteiger partial charge in [-0.15, -0.1) is 0 Å². The van der Waals surface area contributed by atoms with Crippen LogP contribution in [0.5, 0.6) is 0 Å². The third-order valence-corrected chi connectivity index (χ3v) is 4.44. The molecule has 0 aliphatic carbocycles. The second-order valence-electron chi connectivity index (χ2n) is 6.78. The average Bonchev–Trinajstić information content (AvgIpc) is 3.11. The number of aliphatic carboxylic acids is 1. The minimum Gasteiger partial charge on any atom is -0.480 e. The summed E-state index contributed by atoms with van der Waals surface area (Å²) in [6, 6.07) is -5.32. The smallest absolute Gasteiger partial charge is 0.328 e. The number of hydrogen-bond donors (Lipinski definition) is 7. The maximum atomic E-state index is 12.5. The predicted molar refractivity (Wildman–Crippen MR) is 96.8 cm³/mol. The normalized spacial score (nSPS) is 20.3. The molecule has 164 valence electrons. The number of carbonyl (C=O) groups excluding carboxylic acids is 4. The van der Waals surface area contributed by atoms with E-state index in [1.807, 2.05) is 5.32 Å². The summed E-state index contributed by atoms with van der Waals surface area (Å²) in [4.78, 5) is 60.3. The highest BCUT2D eigenvalue weighted by Crippen LogP contribution is 2.19. The fraction of sp³-hybridized carbons (Fsp3) is 0.688. The van der Waals surface area contributed by atoms with Gasteiger partial charge in [0.1, 0.15) is 12.1 Å². The van der Waals surface area contributed by atoms with Gasteiger partial charge in [0.05, 0.1) is 25.2 Å². The van der Waals surface area contributed by atoms with Crippen molar-refractivity contribution in [1.82, 2.24) is 15.5 Å². The number of carboxylic acid groups (broad SMARTS) is 1. The van der Waals surface area contributed by atoms with Gasteiger partial charge in [-0.3, -0.25) is 19.2 Å². The molecule has 0 aromatic rings. The molecular formula is C16H27N5O8. The number of likely N-dealkylation sites (tertiary alicyclic amines) is 1. The Morgan fingerprint density at radius 2 is 1.83 bits per heavy atom. The summed E-state index contributed by atoms with van der Waals surface area (Å²) in [5.41, 5.74) is 10.7. The van der Waals surface area contributed by atoms with Gasteiger partial charge in [-0.25, -0.2) is 4.79 Å². The Balaban J connectivity index is 2.80. The Kier molecular flexibility index (Phi) is 8.94. The number of aliphatic hydroxyl groups excluding tert-OH is 2. The second-order valence-corrected chi connectivity index (χ2v) is 6.78. The molecule has 5 unspecified atom stereocenters. The molecule has 1 fully saturated rings. The Hall–Kier alpha value is -2.77. The van der Waals surface area contributed by atoms with Crippen molar-refractivity contribution in [3.05, 3.63) is 0 Å². The lowest BCUT2D eigenvalue weighted by atomic mass is 10.1.